The minimum atomic E-state index is -0.395. The summed E-state index contributed by atoms with van der Waals surface area (Å²) >= 11 is 5.71. The van der Waals surface area contributed by atoms with Gasteiger partial charge >= 0.3 is 0 Å². The number of aliphatic hydroxyl groups is 1. The van der Waals surface area contributed by atoms with E-state index < -0.39 is 6.10 Å². The van der Waals surface area contributed by atoms with Crippen molar-refractivity contribution in [2.45, 2.75) is 33.3 Å². The van der Waals surface area contributed by atoms with E-state index in [1.165, 1.54) is 6.33 Å². The van der Waals surface area contributed by atoms with E-state index in [2.05, 4.69) is 36.1 Å². The van der Waals surface area contributed by atoms with E-state index in [9.17, 15) is 5.11 Å². The van der Waals surface area contributed by atoms with Gasteiger partial charge in [0.2, 0.25) is 0 Å². The molecule has 0 bridgehead atoms. The van der Waals surface area contributed by atoms with E-state index in [0.717, 1.165) is 6.42 Å². The zero-order valence-corrected chi connectivity index (χ0v) is 10.6. The fourth-order valence-corrected chi connectivity index (χ4v) is 1.58. The van der Waals surface area contributed by atoms with Crippen molar-refractivity contribution in [1.82, 2.24) is 9.97 Å². The number of aliphatic hydroxyl groups excluding tert-OH is 1. The molecule has 2 N–H and O–H groups in total. The highest BCUT2D eigenvalue weighted by Gasteiger charge is 2.16. The lowest BCUT2D eigenvalue weighted by Crippen LogP contribution is -2.25. The number of halogens is 1. The Morgan fingerprint density at radius 2 is 2.12 bits per heavy atom. The highest BCUT2D eigenvalue weighted by Crippen LogP contribution is 2.20. The van der Waals surface area contributed by atoms with E-state index in [0.29, 0.717) is 17.5 Å². The summed E-state index contributed by atoms with van der Waals surface area (Å²) in [7, 11) is 0. The minimum Gasteiger partial charge on any atom is -0.391 e. The highest BCUT2D eigenvalue weighted by atomic mass is 35.5. The molecule has 0 fully saturated rings. The largest absolute Gasteiger partial charge is 0.391 e. The van der Waals surface area contributed by atoms with Gasteiger partial charge in [-0.2, -0.15) is 0 Å². The second kappa shape index (κ2) is 5.46. The number of hydrogen-bond acceptors (Lipinski definition) is 4. The predicted octanol–water partition coefficient (Wildman–Crippen LogP) is 2.34. The van der Waals surface area contributed by atoms with Crippen molar-refractivity contribution < 1.29 is 5.11 Å². The van der Waals surface area contributed by atoms with Crippen LogP contribution in [0.5, 0.6) is 0 Å². The lowest BCUT2D eigenvalue weighted by molar-refractivity contribution is 0.132. The smallest absolute Gasteiger partial charge is 0.134 e. The van der Waals surface area contributed by atoms with Gasteiger partial charge in [-0.05, 0) is 11.8 Å². The van der Waals surface area contributed by atoms with Crippen molar-refractivity contribution in [3.05, 3.63) is 17.5 Å². The average Bonchev–Trinajstić information content (AvgIpc) is 2.12. The van der Waals surface area contributed by atoms with Gasteiger partial charge in [-0.3, -0.25) is 0 Å². The number of aromatic nitrogens is 2. The summed E-state index contributed by atoms with van der Waals surface area (Å²) in [6.07, 6.45) is 1.73. The Balaban J connectivity index is 2.40. The third-order valence-electron chi connectivity index (χ3n) is 2.00. The van der Waals surface area contributed by atoms with Crippen molar-refractivity contribution >= 4 is 17.4 Å². The van der Waals surface area contributed by atoms with Crippen LogP contribution in [0.2, 0.25) is 5.15 Å². The molecule has 0 amide bonds. The van der Waals surface area contributed by atoms with Crippen molar-refractivity contribution in [2.75, 3.05) is 11.9 Å². The Labute approximate surface area is 101 Å². The number of anilines is 1. The number of hydrogen-bond donors (Lipinski definition) is 2. The fraction of sp³-hybridized carbons (Fsp3) is 0.636. The van der Waals surface area contributed by atoms with Crippen LogP contribution in [0.1, 0.15) is 27.2 Å². The molecular weight excluding hydrogens is 226 g/mol. The maximum absolute atomic E-state index is 9.78. The highest BCUT2D eigenvalue weighted by molar-refractivity contribution is 6.29. The normalized spacial score (nSPS) is 13.6. The van der Waals surface area contributed by atoms with Crippen LogP contribution >= 0.6 is 11.6 Å². The van der Waals surface area contributed by atoms with Gasteiger partial charge in [-0.25, -0.2) is 9.97 Å². The van der Waals surface area contributed by atoms with E-state index in [1.54, 1.807) is 6.07 Å². The van der Waals surface area contributed by atoms with E-state index >= 15 is 0 Å². The Hall–Kier alpha value is -0.870. The first-order valence-electron chi connectivity index (χ1n) is 5.26. The van der Waals surface area contributed by atoms with Gasteiger partial charge in [0.1, 0.15) is 17.3 Å². The van der Waals surface area contributed by atoms with E-state index in [1.807, 2.05) is 0 Å². The maximum atomic E-state index is 9.78. The van der Waals surface area contributed by atoms with Crippen molar-refractivity contribution in [1.29, 1.82) is 0 Å². The summed E-state index contributed by atoms with van der Waals surface area (Å²) in [5, 5.41) is 13.2. The molecule has 0 aromatic carbocycles. The molecule has 0 saturated heterocycles. The first-order valence-corrected chi connectivity index (χ1v) is 5.64. The predicted molar refractivity (Wildman–Crippen MR) is 65.6 cm³/mol. The third-order valence-corrected chi connectivity index (χ3v) is 2.21. The van der Waals surface area contributed by atoms with Crippen LogP contribution in [0.25, 0.3) is 0 Å². The molecule has 16 heavy (non-hydrogen) atoms. The number of nitrogens with zero attached hydrogens (tertiary/aromatic N) is 2. The summed E-state index contributed by atoms with van der Waals surface area (Å²) in [5.74, 6) is 0.632. The monoisotopic (exact) mass is 243 g/mol. The Kier molecular flexibility index (Phi) is 4.50. The van der Waals surface area contributed by atoms with Crippen LogP contribution in [0, 0.1) is 5.41 Å². The zero-order chi connectivity index (χ0) is 12.2. The standard InChI is InChI=1S/C11H18ClN3O/c1-11(2,3)5-8(16)6-13-10-4-9(12)14-7-15-10/h4,7-8,16H,5-6H2,1-3H3,(H,13,14,15). The maximum Gasteiger partial charge on any atom is 0.134 e. The molecule has 1 aromatic heterocycles. The summed E-state index contributed by atoms with van der Waals surface area (Å²) in [6, 6.07) is 1.63. The zero-order valence-electron chi connectivity index (χ0n) is 9.87. The van der Waals surface area contributed by atoms with Gasteiger partial charge in [-0.1, -0.05) is 32.4 Å². The molecule has 0 saturated carbocycles. The number of rotatable bonds is 4. The molecule has 1 heterocycles. The summed E-state index contributed by atoms with van der Waals surface area (Å²) in [6.45, 7) is 6.75. The lowest BCUT2D eigenvalue weighted by atomic mass is 9.89. The van der Waals surface area contributed by atoms with Crippen molar-refractivity contribution in [2.24, 2.45) is 5.41 Å². The van der Waals surface area contributed by atoms with Crippen LogP contribution < -0.4 is 5.32 Å². The molecule has 1 rings (SSSR count). The Morgan fingerprint density at radius 3 is 2.69 bits per heavy atom. The second-order valence-corrected chi connectivity index (χ2v) is 5.41. The molecule has 0 aliphatic rings. The first-order chi connectivity index (χ1) is 7.37. The molecule has 0 aliphatic carbocycles. The fourth-order valence-electron chi connectivity index (χ4n) is 1.43. The molecule has 1 atom stereocenters. The quantitative estimate of drug-likeness (QED) is 0.797. The van der Waals surface area contributed by atoms with Crippen molar-refractivity contribution in [3.63, 3.8) is 0 Å². The summed E-state index contributed by atoms with van der Waals surface area (Å²) < 4.78 is 0. The molecule has 4 nitrogen and oxygen atoms in total. The third kappa shape index (κ3) is 5.28. The average molecular weight is 244 g/mol. The first kappa shape index (κ1) is 13.2. The van der Waals surface area contributed by atoms with Gasteiger partial charge in [0.15, 0.2) is 0 Å². The minimum absolute atomic E-state index is 0.115. The van der Waals surface area contributed by atoms with Gasteiger partial charge in [0, 0.05) is 12.6 Å². The van der Waals surface area contributed by atoms with E-state index in [4.69, 9.17) is 11.6 Å². The summed E-state index contributed by atoms with van der Waals surface area (Å²) in [5.41, 5.74) is 0.115. The molecule has 5 heteroatoms. The Morgan fingerprint density at radius 1 is 1.44 bits per heavy atom. The molecule has 1 unspecified atom stereocenters. The molecule has 0 spiro atoms. The van der Waals surface area contributed by atoms with Gasteiger partial charge in [-0.15, -0.1) is 0 Å². The Bertz CT molecular complexity index is 338. The van der Waals surface area contributed by atoms with E-state index in [-0.39, 0.29) is 5.41 Å². The molecular formula is C11H18ClN3O. The second-order valence-electron chi connectivity index (χ2n) is 5.03. The van der Waals surface area contributed by atoms with Crippen molar-refractivity contribution in [3.8, 4) is 0 Å². The van der Waals surface area contributed by atoms with Crippen LogP contribution in [-0.2, 0) is 0 Å². The lowest BCUT2D eigenvalue weighted by Gasteiger charge is -2.22. The number of nitrogens with one attached hydrogen (secondary N) is 1. The van der Waals surface area contributed by atoms with Crippen LogP contribution in [0.4, 0.5) is 5.82 Å². The van der Waals surface area contributed by atoms with Gasteiger partial charge in [0.25, 0.3) is 0 Å². The molecule has 0 aliphatic heterocycles. The molecule has 1 aromatic rings. The van der Waals surface area contributed by atoms with Crippen LogP contribution in [-0.4, -0.2) is 27.7 Å². The van der Waals surface area contributed by atoms with Gasteiger partial charge in [0.05, 0.1) is 6.10 Å². The summed E-state index contributed by atoms with van der Waals surface area (Å²) in [4.78, 5) is 7.77. The van der Waals surface area contributed by atoms with Crippen LogP contribution in [0.3, 0.4) is 0 Å². The topological polar surface area (TPSA) is 58.0 Å². The molecule has 90 valence electrons. The molecule has 0 radical (unpaired) electrons. The SMILES string of the molecule is CC(C)(C)CC(O)CNc1cc(Cl)ncn1. The van der Waals surface area contributed by atoms with Gasteiger partial charge < -0.3 is 10.4 Å². The van der Waals surface area contributed by atoms with Crippen LogP contribution in [0.15, 0.2) is 12.4 Å².